The highest BCUT2D eigenvalue weighted by Crippen LogP contribution is 2.15. The Labute approximate surface area is 106 Å². The first-order valence-electron chi connectivity index (χ1n) is 5.86. The summed E-state index contributed by atoms with van der Waals surface area (Å²) in [5.41, 5.74) is -0.974. The maximum absolute atomic E-state index is 11.8. The highest BCUT2D eigenvalue weighted by atomic mass is 16.3. The predicted molar refractivity (Wildman–Crippen MR) is 63.6 cm³/mol. The van der Waals surface area contributed by atoms with Gasteiger partial charge in [-0.25, -0.2) is 4.79 Å². The molecule has 1 atom stereocenters. The molecule has 0 spiro atoms. The molecule has 3 N–H and O–H groups in total. The van der Waals surface area contributed by atoms with E-state index in [1.54, 1.807) is 13.8 Å². The van der Waals surface area contributed by atoms with Crippen molar-refractivity contribution in [2.24, 2.45) is 0 Å². The molecule has 0 radical (unpaired) electrons. The fraction of sp³-hybridized carbons (Fsp3) is 0.727. The highest BCUT2D eigenvalue weighted by Gasteiger charge is 2.44. The van der Waals surface area contributed by atoms with Crippen LogP contribution >= 0.6 is 0 Å². The van der Waals surface area contributed by atoms with E-state index >= 15 is 0 Å². The summed E-state index contributed by atoms with van der Waals surface area (Å²) in [6.07, 6.45) is 0.577. The number of nitrogens with zero attached hydrogens (tertiary/aromatic N) is 1. The van der Waals surface area contributed by atoms with Gasteiger partial charge in [0.05, 0.1) is 12.6 Å². The lowest BCUT2D eigenvalue weighted by Crippen LogP contribution is -2.46. The van der Waals surface area contributed by atoms with E-state index in [1.165, 1.54) is 0 Å². The molecule has 1 fully saturated rings. The van der Waals surface area contributed by atoms with Gasteiger partial charge in [-0.15, -0.1) is 0 Å². The zero-order chi connectivity index (χ0) is 13.9. The fourth-order valence-electron chi connectivity index (χ4n) is 1.66. The van der Waals surface area contributed by atoms with Gasteiger partial charge in [-0.2, -0.15) is 0 Å². The summed E-state index contributed by atoms with van der Waals surface area (Å²) < 4.78 is 0. The standard InChI is InChI=1S/C11H19N3O4/c1-4-7(6-15)12-8(16)5-14-9(17)11(2,3)13-10(14)18/h7,15H,4-6H2,1-3H3,(H,12,16)(H,13,18). The summed E-state index contributed by atoms with van der Waals surface area (Å²) >= 11 is 0. The van der Waals surface area contributed by atoms with E-state index in [0.717, 1.165) is 4.90 Å². The second-order valence-electron chi connectivity index (χ2n) is 4.80. The average molecular weight is 257 g/mol. The van der Waals surface area contributed by atoms with Crippen molar-refractivity contribution in [1.29, 1.82) is 0 Å². The lowest BCUT2D eigenvalue weighted by Gasteiger charge is -2.18. The van der Waals surface area contributed by atoms with E-state index < -0.39 is 23.4 Å². The highest BCUT2D eigenvalue weighted by molar-refractivity contribution is 6.08. The molecule has 0 aliphatic carbocycles. The Morgan fingerprint density at radius 2 is 2.11 bits per heavy atom. The molecule has 1 rings (SSSR count). The van der Waals surface area contributed by atoms with E-state index in [-0.39, 0.29) is 19.2 Å². The maximum atomic E-state index is 11.8. The van der Waals surface area contributed by atoms with Gasteiger partial charge in [0.15, 0.2) is 0 Å². The molecular weight excluding hydrogens is 238 g/mol. The molecule has 1 aliphatic rings. The molecule has 1 saturated heterocycles. The lowest BCUT2D eigenvalue weighted by atomic mass is 10.1. The third kappa shape index (κ3) is 2.98. The summed E-state index contributed by atoms with van der Waals surface area (Å²) in [6, 6.07) is -0.927. The van der Waals surface area contributed by atoms with Crippen LogP contribution in [-0.4, -0.2) is 52.6 Å². The fourth-order valence-corrected chi connectivity index (χ4v) is 1.66. The number of hydrogen-bond acceptors (Lipinski definition) is 4. The van der Waals surface area contributed by atoms with E-state index in [0.29, 0.717) is 6.42 Å². The molecule has 4 amide bonds. The Bertz CT molecular complexity index is 363. The van der Waals surface area contributed by atoms with Crippen molar-refractivity contribution in [1.82, 2.24) is 15.5 Å². The van der Waals surface area contributed by atoms with E-state index in [2.05, 4.69) is 10.6 Å². The van der Waals surface area contributed by atoms with Crippen molar-refractivity contribution in [2.45, 2.75) is 38.8 Å². The Balaban J connectivity index is 2.60. The molecule has 0 aromatic rings. The Kier molecular flexibility index (Phi) is 4.28. The molecule has 1 aliphatic heterocycles. The van der Waals surface area contributed by atoms with Gasteiger partial charge in [0.25, 0.3) is 5.91 Å². The van der Waals surface area contributed by atoms with Gasteiger partial charge in [0.1, 0.15) is 12.1 Å². The normalized spacial score (nSPS) is 19.7. The molecule has 0 aromatic carbocycles. The number of nitrogens with one attached hydrogen (secondary N) is 2. The van der Waals surface area contributed by atoms with Crippen LogP contribution < -0.4 is 10.6 Å². The van der Waals surface area contributed by atoms with Crippen LogP contribution in [0.3, 0.4) is 0 Å². The number of aliphatic hydroxyl groups excluding tert-OH is 1. The van der Waals surface area contributed by atoms with Crippen molar-refractivity contribution in [3.05, 3.63) is 0 Å². The van der Waals surface area contributed by atoms with Crippen molar-refractivity contribution < 1.29 is 19.5 Å². The topological polar surface area (TPSA) is 98.7 Å². The number of amides is 4. The molecular formula is C11H19N3O4. The van der Waals surface area contributed by atoms with E-state index in [9.17, 15) is 14.4 Å². The van der Waals surface area contributed by atoms with Crippen LogP contribution in [0.4, 0.5) is 4.79 Å². The summed E-state index contributed by atoms with van der Waals surface area (Å²) in [7, 11) is 0. The van der Waals surface area contributed by atoms with Gasteiger partial charge in [-0.3, -0.25) is 14.5 Å². The average Bonchev–Trinajstić information content (AvgIpc) is 2.48. The quantitative estimate of drug-likeness (QED) is 0.562. The van der Waals surface area contributed by atoms with Crippen molar-refractivity contribution in [3.8, 4) is 0 Å². The smallest absolute Gasteiger partial charge is 0.325 e. The molecule has 1 unspecified atom stereocenters. The predicted octanol–water partition coefficient (Wildman–Crippen LogP) is -0.796. The van der Waals surface area contributed by atoms with Gasteiger partial charge in [-0.1, -0.05) is 6.92 Å². The Morgan fingerprint density at radius 3 is 2.50 bits per heavy atom. The van der Waals surface area contributed by atoms with Crippen molar-refractivity contribution in [3.63, 3.8) is 0 Å². The third-order valence-electron chi connectivity index (χ3n) is 2.82. The first kappa shape index (κ1) is 14.4. The number of urea groups is 1. The van der Waals surface area contributed by atoms with Crippen molar-refractivity contribution >= 4 is 17.8 Å². The molecule has 18 heavy (non-hydrogen) atoms. The molecule has 0 aromatic heterocycles. The number of imide groups is 1. The maximum Gasteiger partial charge on any atom is 0.325 e. The molecule has 0 saturated carbocycles. The van der Waals surface area contributed by atoms with Crippen LogP contribution in [0, 0.1) is 0 Å². The summed E-state index contributed by atoms with van der Waals surface area (Å²) in [6.45, 7) is 4.47. The summed E-state index contributed by atoms with van der Waals surface area (Å²) in [5.74, 6) is -0.892. The number of aliphatic hydroxyl groups is 1. The second kappa shape index (κ2) is 5.34. The van der Waals surface area contributed by atoms with E-state index in [1.807, 2.05) is 6.92 Å². The molecule has 1 heterocycles. The zero-order valence-corrected chi connectivity index (χ0v) is 10.8. The first-order chi connectivity index (χ1) is 8.31. The summed E-state index contributed by atoms with van der Waals surface area (Å²) in [4.78, 5) is 35.8. The molecule has 0 bridgehead atoms. The van der Waals surface area contributed by atoms with E-state index in [4.69, 9.17) is 5.11 Å². The van der Waals surface area contributed by atoms with Gasteiger partial charge in [-0.05, 0) is 20.3 Å². The monoisotopic (exact) mass is 257 g/mol. The van der Waals surface area contributed by atoms with Crippen molar-refractivity contribution in [2.75, 3.05) is 13.2 Å². The van der Waals surface area contributed by atoms with Crippen LogP contribution in [0.1, 0.15) is 27.2 Å². The number of hydrogen-bond donors (Lipinski definition) is 3. The third-order valence-corrected chi connectivity index (χ3v) is 2.82. The number of carbonyl (C=O) groups excluding carboxylic acids is 3. The minimum atomic E-state index is -0.974. The van der Waals surface area contributed by atoms with Crippen LogP contribution in [0.2, 0.25) is 0 Å². The van der Waals surface area contributed by atoms with Gasteiger partial charge in [0, 0.05) is 0 Å². The molecule has 7 nitrogen and oxygen atoms in total. The Morgan fingerprint density at radius 1 is 1.50 bits per heavy atom. The zero-order valence-electron chi connectivity index (χ0n) is 10.8. The van der Waals surface area contributed by atoms with Crippen LogP contribution in [0.25, 0.3) is 0 Å². The largest absolute Gasteiger partial charge is 0.394 e. The molecule has 7 heteroatoms. The lowest BCUT2D eigenvalue weighted by molar-refractivity contribution is -0.134. The second-order valence-corrected chi connectivity index (χ2v) is 4.80. The van der Waals surface area contributed by atoms with Gasteiger partial charge in [0.2, 0.25) is 5.91 Å². The summed E-state index contributed by atoms with van der Waals surface area (Å²) in [5, 5.41) is 14.0. The number of rotatable bonds is 5. The Hall–Kier alpha value is -1.63. The van der Waals surface area contributed by atoms with Crippen LogP contribution in [-0.2, 0) is 9.59 Å². The first-order valence-corrected chi connectivity index (χ1v) is 5.86. The number of carbonyl (C=O) groups is 3. The van der Waals surface area contributed by atoms with Crippen LogP contribution in [0.15, 0.2) is 0 Å². The van der Waals surface area contributed by atoms with Gasteiger partial charge >= 0.3 is 6.03 Å². The van der Waals surface area contributed by atoms with Gasteiger partial charge < -0.3 is 15.7 Å². The molecule has 102 valence electrons. The SMILES string of the molecule is CCC(CO)NC(=O)CN1C(=O)NC(C)(C)C1=O. The van der Waals surface area contributed by atoms with Crippen LogP contribution in [0.5, 0.6) is 0 Å². The minimum absolute atomic E-state index is 0.173. The minimum Gasteiger partial charge on any atom is -0.394 e.